The molecule has 18 heteroatoms. The summed E-state index contributed by atoms with van der Waals surface area (Å²) in [5, 5.41) is 8.13. The molecule has 1 heterocycles. The van der Waals surface area contributed by atoms with E-state index in [1.54, 1.807) is 0 Å². The van der Waals surface area contributed by atoms with Crippen molar-refractivity contribution in [3.05, 3.63) is 0 Å². The summed E-state index contributed by atoms with van der Waals surface area (Å²) >= 11 is 0. The molecule has 59 heavy (non-hydrogen) atoms. The quantitative estimate of drug-likeness (QED) is 0.0318. The number of guanidine groups is 1. The Balaban J connectivity index is 2.18. The minimum absolute atomic E-state index is 0.0263. The van der Waals surface area contributed by atoms with Crippen molar-refractivity contribution in [2.75, 3.05) is 19.6 Å². The van der Waals surface area contributed by atoms with Gasteiger partial charge < -0.3 is 49.5 Å². The van der Waals surface area contributed by atoms with Crippen molar-refractivity contribution in [3.8, 4) is 0 Å². The second kappa shape index (κ2) is 25.8. The monoisotopic (exact) mass is 833 g/mol. The lowest BCUT2D eigenvalue weighted by atomic mass is 9.86. The third kappa shape index (κ3) is 18.5. The maximum atomic E-state index is 14.0. The van der Waals surface area contributed by atoms with E-state index in [0.29, 0.717) is 44.4 Å². The molecule has 2 fully saturated rings. The van der Waals surface area contributed by atoms with Crippen LogP contribution in [-0.2, 0) is 38.4 Å². The summed E-state index contributed by atoms with van der Waals surface area (Å²) in [6, 6.07) is -4.26. The van der Waals surface area contributed by atoms with Gasteiger partial charge in [-0.15, -0.1) is 0 Å². The van der Waals surface area contributed by atoms with Crippen LogP contribution in [0.1, 0.15) is 130 Å². The first-order chi connectivity index (χ1) is 27.8. The number of hydrogen-bond donors (Lipinski definition) is 8. The van der Waals surface area contributed by atoms with Crippen LogP contribution in [-0.4, -0.2) is 102 Å². The number of amides is 6. The second-order valence-corrected chi connectivity index (χ2v) is 17.2. The van der Waals surface area contributed by atoms with Gasteiger partial charge in [0.05, 0.1) is 18.5 Å². The number of primary amides is 2. The Labute approximate surface area is 349 Å². The number of rotatable bonds is 27. The Morgan fingerprint density at radius 2 is 1.34 bits per heavy atom. The molecule has 2 aliphatic rings. The largest absolute Gasteiger partial charge is 0.370 e. The fourth-order valence-corrected chi connectivity index (χ4v) is 8.10. The first-order valence-electron chi connectivity index (χ1n) is 21.4. The standard InChI is InChI=1S/C41H72N10O8/c1-24(2)18-28(21-33(52)29(19-25(3)4)48-36(55)15-14-26-10-6-5-7-11-26)39(58)50-31(23-42)40(59)51-17-9-13-32(51)34(53)20-27(12-8-16-47-41(45)46)38(57)49-30(37(44)56)22-35(43)54/h24-32H,5-23,42H2,1-4H3,(H2,43,54)(H2,44,56)(H,48,55)(H,49,57)(H,50,58)(H4,45,46,47)/t27-,28-,29+,30+,31+,32+/m1/s1. The molecular formula is C41H72N10O8. The van der Waals surface area contributed by atoms with Crippen molar-refractivity contribution in [2.45, 2.75) is 155 Å². The molecule has 1 saturated heterocycles. The summed E-state index contributed by atoms with van der Waals surface area (Å²) in [7, 11) is 0. The lowest BCUT2D eigenvalue weighted by Crippen LogP contribution is -2.56. The number of likely N-dealkylation sites (tertiary alicyclic amines) is 1. The number of nitrogens with two attached hydrogens (primary N) is 5. The van der Waals surface area contributed by atoms with Crippen molar-refractivity contribution in [3.63, 3.8) is 0 Å². The van der Waals surface area contributed by atoms with Crippen LogP contribution in [0, 0.1) is 29.6 Å². The number of hydrogen-bond acceptors (Lipinski definition) is 10. The van der Waals surface area contributed by atoms with Gasteiger partial charge in [-0.1, -0.05) is 59.8 Å². The molecule has 1 aliphatic carbocycles. The Morgan fingerprint density at radius 3 is 1.92 bits per heavy atom. The average Bonchev–Trinajstić information content (AvgIpc) is 3.66. The Bertz CT molecular complexity index is 1480. The van der Waals surface area contributed by atoms with Crippen LogP contribution < -0.4 is 44.6 Å². The number of Topliss-reactive ketones (excluding diaryl/α,β-unsaturated/α-hetero) is 2. The normalized spacial score (nSPS) is 18.3. The van der Waals surface area contributed by atoms with E-state index in [9.17, 15) is 38.4 Å². The minimum atomic E-state index is -1.39. The smallest absolute Gasteiger partial charge is 0.247 e. The zero-order valence-electron chi connectivity index (χ0n) is 35.7. The summed E-state index contributed by atoms with van der Waals surface area (Å²) in [5.74, 6) is -5.78. The van der Waals surface area contributed by atoms with Gasteiger partial charge in [0.1, 0.15) is 12.1 Å². The summed E-state index contributed by atoms with van der Waals surface area (Å²) in [5.41, 5.74) is 27.5. The predicted octanol–water partition coefficient (Wildman–Crippen LogP) is 0.408. The van der Waals surface area contributed by atoms with E-state index in [2.05, 4.69) is 20.9 Å². The molecule has 6 amide bonds. The molecule has 0 aromatic rings. The van der Waals surface area contributed by atoms with Crippen molar-refractivity contribution >= 4 is 53.0 Å². The Morgan fingerprint density at radius 1 is 0.712 bits per heavy atom. The lowest BCUT2D eigenvalue weighted by molar-refractivity contribution is -0.142. The van der Waals surface area contributed by atoms with E-state index in [-0.39, 0.29) is 68.4 Å². The van der Waals surface area contributed by atoms with Crippen molar-refractivity contribution in [1.29, 1.82) is 0 Å². The molecule has 0 radical (unpaired) electrons. The molecule has 0 aromatic heterocycles. The average molecular weight is 833 g/mol. The molecule has 1 saturated carbocycles. The van der Waals surface area contributed by atoms with E-state index in [4.69, 9.17) is 28.7 Å². The highest BCUT2D eigenvalue weighted by Gasteiger charge is 2.40. The minimum Gasteiger partial charge on any atom is -0.370 e. The topological polar surface area (TPSA) is 318 Å². The van der Waals surface area contributed by atoms with Gasteiger partial charge in [-0.05, 0) is 62.7 Å². The second-order valence-electron chi connectivity index (χ2n) is 17.2. The number of nitrogens with zero attached hydrogens (tertiary/aromatic N) is 2. The van der Waals surface area contributed by atoms with E-state index < -0.39 is 77.7 Å². The van der Waals surface area contributed by atoms with Gasteiger partial charge in [0.15, 0.2) is 17.5 Å². The maximum absolute atomic E-state index is 14.0. The number of nitrogens with one attached hydrogen (secondary N) is 3. The highest BCUT2D eigenvalue weighted by atomic mass is 16.2. The highest BCUT2D eigenvalue weighted by Crippen LogP contribution is 2.28. The SMILES string of the molecule is CC(C)C[C@H](CC(=O)[C@H](CC(C)C)NC(=O)CCC1CCCCC1)C(=O)N[C@@H](CN)C(=O)N1CCC[C@H]1C(=O)C[C@@H](CCCN=C(N)N)C(=O)N[C@@H](CC(N)=O)C(N)=O. The summed E-state index contributed by atoms with van der Waals surface area (Å²) < 4.78 is 0. The molecule has 1 aliphatic heterocycles. The van der Waals surface area contributed by atoms with Crippen LogP contribution in [0.15, 0.2) is 4.99 Å². The highest BCUT2D eigenvalue weighted by molar-refractivity contribution is 5.97. The van der Waals surface area contributed by atoms with Gasteiger partial charge in [-0.2, -0.15) is 0 Å². The van der Waals surface area contributed by atoms with E-state index in [0.717, 1.165) is 19.3 Å². The van der Waals surface area contributed by atoms with Crippen LogP contribution in [0.3, 0.4) is 0 Å². The molecule has 0 aromatic carbocycles. The third-order valence-corrected chi connectivity index (χ3v) is 11.2. The van der Waals surface area contributed by atoms with Crippen LogP contribution >= 0.6 is 0 Å². The molecule has 0 unspecified atom stereocenters. The molecule has 6 atom stereocenters. The number of aliphatic imine (C=N–C) groups is 1. The van der Waals surface area contributed by atoms with Gasteiger partial charge >= 0.3 is 0 Å². The third-order valence-electron chi connectivity index (χ3n) is 11.2. The Hall–Kier alpha value is -4.61. The van der Waals surface area contributed by atoms with E-state index >= 15 is 0 Å². The fraction of sp³-hybridized carbons (Fsp3) is 0.780. The molecule has 2 rings (SSSR count). The van der Waals surface area contributed by atoms with Crippen LogP contribution in [0.4, 0.5) is 0 Å². The first kappa shape index (κ1) is 50.5. The van der Waals surface area contributed by atoms with Gasteiger partial charge in [-0.3, -0.25) is 43.3 Å². The van der Waals surface area contributed by atoms with Gasteiger partial charge in [0.25, 0.3) is 0 Å². The Kier molecular flexibility index (Phi) is 22.1. The zero-order chi connectivity index (χ0) is 44.2. The van der Waals surface area contributed by atoms with Crippen molar-refractivity contribution < 1.29 is 38.4 Å². The van der Waals surface area contributed by atoms with Crippen LogP contribution in [0.25, 0.3) is 0 Å². The lowest BCUT2D eigenvalue weighted by Gasteiger charge is -2.30. The van der Waals surface area contributed by atoms with E-state index in [1.165, 1.54) is 24.2 Å². The van der Waals surface area contributed by atoms with Gasteiger partial charge in [-0.25, -0.2) is 0 Å². The summed E-state index contributed by atoms with van der Waals surface area (Å²) in [4.78, 5) is 111. The maximum Gasteiger partial charge on any atom is 0.247 e. The number of ketones is 2. The molecule has 18 nitrogen and oxygen atoms in total. The molecule has 0 spiro atoms. The van der Waals surface area contributed by atoms with Crippen molar-refractivity contribution in [1.82, 2.24) is 20.9 Å². The number of carbonyl (C=O) groups is 8. The summed E-state index contributed by atoms with van der Waals surface area (Å²) in [6.07, 6.45) is 7.95. The molecule has 334 valence electrons. The predicted molar refractivity (Wildman–Crippen MR) is 223 cm³/mol. The summed E-state index contributed by atoms with van der Waals surface area (Å²) in [6.45, 7) is 7.87. The number of carbonyl (C=O) groups excluding carboxylic acids is 8. The van der Waals surface area contributed by atoms with Gasteiger partial charge in [0.2, 0.25) is 35.4 Å². The first-order valence-corrected chi connectivity index (χ1v) is 21.4. The van der Waals surface area contributed by atoms with Crippen LogP contribution in [0.2, 0.25) is 0 Å². The molecule has 0 bridgehead atoms. The van der Waals surface area contributed by atoms with E-state index in [1.807, 2.05) is 27.7 Å². The van der Waals surface area contributed by atoms with Gasteiger partial charge in [0, 0.05) is 50.7 Å². The molecular weight excluding hydrogens is 761 g/mol. The van der Waals surface area contributed by atoms with Crippen LogP contribution in [0.5, 0.6) is 0 Å². The zero-order valence-corrected chi connectivity index (χ0v) is 35.7. The van der Waals surface area contributed by atoms with Crippen molar-refractivity contribution in [2.24, 2.45) is 63.3 Å². The molecule has 13 N–H and O–H groups in total. The fourth-order valence-electron chi connectivity index (χ4n) is 8.10.